The van der Waals surface area contributed by atoms with Crippen molar-refractivity contribution < 1.29 is 5.48 Å². The van der Waals surface area contributed by atoms with Crippen LogP contribution in [0.25, 0.3) is 0 Å². The van der Waals surface area contributed by atoms with E-state index in [1.807, 2.05) is 0 Å². The summed E-state index contributed by atoms with van der Waals surface area (Å²) in [6, 6.07) is 0. The summed E-state index contributed by atoms with van der Waals surface area (Å²) in [6.45, 7) is 5.06. The van der Waals surface area contributed by atoms with Gasteiger partial charge < -0.3 is 16.0 Å². The molecule has 0 atom stereocenters. The minimum Gasteiger partial charge on any atom is -0.636 e. The minimum absolute atomic E-state index is 0.698. The van der Waals surface area contributed by atoms with E-state index in [2.05, 4.69) is 12.2 Å². The third-order valence-electron chi connectivity index (χ3n) is 2.63. The molecule has 3 N–H and O–H groups in total. The van der Waals surface area contributed by atoms with E-state index in [1.54, 1.807) is 0 Å². The first kappa shape index (κ1) is 14.9. The van der Waals surface area contributed by atoms with Crippen molar-refractivity contribution in [2.75, 3.05) is 19.6 Å². The monoisotopic (exact) mass is 216 g/mol. The molecule has 92 valence electrons. The van der Waals surface area contributed by atoms with Gasteiger partial charge in [0.15, 0.2) is 0 Å². The predicted octanol–water partition coefficient (Wildman–Crippen LogP) is 1.78. The molecule has 0 rings (SSSR count). The molecule has 0 aromatic rings. The van der Waals surface area contributed by atoms with Gasteiger partial charge in [0.05, 0.1) is 6.54 Å². The summed E-state index contributed by atoms with van der Waals surface area (Å²) in [7, 11) is 0. The maximum Gasteiger partial charge on any atom is 0.0764 e. The van der Waals surface area contributed by atoms with Gasteiger partial charge in [-0.3, -0.25) is 0 Å². The van der Waals surface area contributed by atoms with E-state index >= 15 is 0 Å². The van der Waals surface area contributed by atoms with Gasteiger partial charge in [-0.2, -0.15) is 0 Å². The number of unbranched alkanes of at least 4 members (excludes halogenated alkanes) is 6. The molecular formula is C12H28N2O. The van der Waals surface area contributed by atoms with E-state index in [1.165, 1.54) is 44.9 Å². The van der Waals surface area contributed by atoms with Crippen molar-refractivity contribution in [3.05, 3.63) is 5.21 Å². The van der Waals surface area contributed by atoms with Gasteiger partial charge in [0.25, 0.3) is 0 Å². The summed E-state index contributed by atoms with van der Waals surface area (Å²) in [5.41, 5.74) is 0.995. The molecule has 0 saturated heterocycles. The van der Waals surface area contributed by atoms with E-state index in [4.69, 9.17) is 0 Å². The van der Waals surface area contributed by atoms with Crippen molar-refractivity contribution >= 4 is 0 Å². The number of rotatable bonds is 12. The fraction of sp³-hybridized carbons (Fsp3) is 1.00. The zero-order chi connectivity index (χ0) is 11.2. The van der Waals surface area contributed by atoms with E-state index < -0.39 is 0 Å². The van der Waals surface area contributed by atoms with Gasteiger partial charge in [-0.15, -0.1) is 0 Å². The highest BCUT2D eigenvalue weighted by molar-refractivity contribution is 4.49. The molecule has 0 bridgehead atoms. The van der Waals surface area contributed by atoms with Crippen molar-refractivity contribution in [1.82, 2.24) is 5.32 Å². The maximum absolute atomic E-state index is 10.0. The lowest BCUT2D eigenvalue weighted by molar-refractivity contribution is -0.588. The average molecular weight is 216 g/mol. The molecular weight excluding hydrogens is 188 g/mol. The standard InChI is InChI=1S/C12H28N2O/c1-2-3-4-5-6-7-8-10-13-11-9-12-14-15/h13H,2-12,14H2,1H3. The predicted molar refractivity (Wildman–Crippen MR) is 65.6 cm³/mol. The Morgan fingerprint density at radius 3 is 2.13 bits per heavy atom. The van der Waals surface area contributed by atoms with Gasteiger partial charge in [-0.25, -0.2) is 0 Å². The molecule has 3 nitrogen and oxygen atoms in total. The molecule has 0 aliphatic carbocycles. The normalized spacial score (nSPS) is 10.8. The molecule has 0 amide bonds. The number of hydrogen-bond donors (Lipinski definition) is 2. The second-order valence-electron chi connectivity index (χ2n) is 4.18. The van der Waals surface area contributed by atoms with Crippen molar-refractivity contribution in [1.29, 1.82) is 0 Å². The fourth-order valence-corrected chi connectivity index (χ4v) is 1.64. The largest absolute Gasteiger partial charge is 0.636 e. The lowest BCUT2D eigenvalue weighted by atomic mass is 10.1. The lowest BCUT2D eigenvalue weighted by Crippen LogP contribution is -2.77. The van der Waals surface area contributed by atoms with Crippen LogP contribution in [0.1, 0.15) is 58.3 Å². The number of nitrogens with one attached hydrogen (secondary N) is 1. The van der Waals surface area contributed by atoms with Crippen LogP contribution in [0.4, 0.5) is 0 Å². The molecule has 0 fully saturated rings. The van der Waals surface area contributed by atoms with Crippen LogP contribution in [0, 0.1) is 5.21 Å². The first-order valence-electron chi connectivity index (χ1n) is 6.56. The average Bonchev–Trinajstić information content (AvgIpc) is 2.26. The molecule has 0 aliphatic heterocycles. The Balaban J connectivity index is 2.81. The smallest absolute Gasteiger partial charge is 0.0764 e. The van der Waals surface area contributed by atoms with Crippen LogP contribution in [0.15, 0.2) is 0 Å². The maximum atomic E-state index is 10.0. The molecule has 0 saturated carbocycles. The molecule has 0 heterocycles. The van der Waals surface area contributed by atoms with Gasteiger partial charge in [0, 0.05) is 13.0 Å². The summed E-state index contributed by atoms with van der Waals surface area (Å²) < 4.78 is 0. The Morgan fingerprint density at radius 2 is 1.47 bits per heavy atom. The van der Waals surface area contributed by atoms with Crippen molar-refractivity contribution in [3.63, 3.8) is 0 Å². The molecule has 0 unspecified atom stereocenters. The number of nitrogens with two attached hydrogens (primary N) is 1. The van der Waals surface area contributed by atoms with Crippen molar-refractivity contribution in [3.8, 4) is 0 Å². The highest BCUT2D eigenvalue weighted by Gasteiger charge is 1.91. The Hall–Kier alpha value is -0.120. The van der Waals surface area contributed by atoms with Crippen LogP contribution >= 0.6 is 0 Å². The minimum atomic E-state index is 0.698. The quantitative estimate of drug-likeness (QED) is 0.386. The second-order valence-corrected chi connectivity index (χ2v) is 4.18. The molecule has 0 aliphatic rings. The SMILES string of the molecule is CCCCCCCCCNCCC[NH2+][O-]. The number of quaternary nitrogens is 1. The summed E-state index contributed by atoms with van der Waals surface area (Å²) >= 11 is 0. The van der Waals surface area contributed by atoms with Crippen molar-refractivity contribution in [2.45, 2.75) is 58.3 Å². The Kier molecular flexibility index (Phi) is 13.8. The first-order valence-corrected chi connectivity index (χ1v) is 6.56. The van der Waals surface area contributed by atoms with E-state index in [9.17, 15) is 5.21 Å². The van der Waals surface area contributed by atoms with Gasteiger partial charge >= 0.3 is 0 Å². The third kappa shape index (κ3) is 13.9. The molecule has 15 heavy (non-hydrogen) atoms. The van der Waals surface area contributed by atoms with E-state index in [0.29, 0.717) is 6.54 Å². The molecule has 0 radical (unpaired) electrons. The summed E-state index contributed by atoms with van der Waals surface area (Å²) in [5.74, 6) is 0. The zero-order valence-corrected chi connectivity index (χ0v) is 10.3. The summed E-state index contributed by atoms with van der Waals surface area (Å²) in [6.07, 6.45) is 10.5. The van der Waals surface area contributed by atoms with Crippen LogP contribution in [-0.2, 0) is 0 Å². The van der Waals surface area contributed by atoms with E-state index in [-0.39, 0.29) is 0 Å². The first-order chi connectivity index (χ1) is 7.41. The van der Waals surface area contributed by atoms with Crippen LogP contribution < -0.4 is 10.8 Å². The highest BCUT2D eigenvalue weighted by Crippen LogP contribution is 2.06. The van der Waals surface area contributed by atoms with Gasteiger partial charge in [0.2, 0.25) is 0 Å². The Morgan fingerprint density at radius 1 is 0.867 bits per heavy atom. The number of hydroxylamine groups is 1. The highest BCUT2D eigenvalue weighted by atomic mass is 16.5. The topological polar surface area (TPSA) is 51.7 Å². The van der Waals surface area contributed by atoms with Gasteiger partial charge in [-0.05, 0) is 13.0 Å². The fourth-order valence-electron chi connectivity index (χ4n) is 1.64. The van der Waals surface area contributed by atoms with E-state index in [0.717, 1.165) is 25.0 Å². The Labute approximate surface area is 94.6 Å². The van der Waals surface area contributed by atoms with Crippen LogP contribution in [-0.4, -0.2) is 19.6 Å². The summed E-state index contributed by atoms with van der Waals surface area (Å²) in [5, 5.41) is 13.4. The molecule has 0 aromatic carbocycles. The lowest BCUT2D eigenvalue weighted by Gasteiger charge is -2.05. The van der Waals surface area contributed by atoms with Crippen LogP contribution in [0.3, 0.4) is 0 Å². The van der Waals surface area contributed by atoms with Crippen LogP contribution in [0.2, 0.25) is 0 Å². The molecule has 0 aromatic heterocycles. The third-order valence-corrected chi connectivity index (χ3v) is 2.63. The summed E-state index contributed by atoms with van der Waals surface area (Å²) in [4.78, 5) is 0. The second kappa shape index (κ2) is 13.9. The number of hydrogen-bond acceptors (Lipinski definition) is 2. The van der Waals surface area contributed by atoms with Gasteiger partial charge in [-0.1, -0.05) is 45.4 Å². The molecule has 3 heteroatoms. The van der Waals surface area contributed by atoms with Crippen LogP contribution in [0.5, 0.6) is 0 Å². The zero-order valence-electron chi connectivity index (χ0n) is 10.3. The molecule has 0 spiro atoms. The Bertz CT molecular complexity index is 97.8. The van der Waals surface area contributed by atoms with Crippen molar-refractivity contribution in [2.24, 2.45) is 0 Å². The van der Waals surface area contributed by atoms with Gasteiger partial charge in [0.1, 0.15) is 0 Å².